The lowest BCUT2D eigenvalue weighted by atomic mass is 10.0. The molecule has 0 bridgehead atoms. The first-order valence-corrected chi connectivity index (χ1v) is 8.95. The Labute approximate surface area is 164 Å². The van der Waals surface area contributed by atoms with Crippen molar-refractivity contribution in [2.45, 2.75) is 27.7 Å². The van der Waals surface area contributed by atoms with E-state index in [2.05, 4.69) is 42.7 Å². The minimum Gasteiger partial charge on any atom is -0.318 e. The Morgan fingerprint density at radius 2 is 1.82 bits per heavy atom. The van der Waals surface area contributed by atoms with Gasteiger partial charge in [0.2, 0.25) is 0 Å². The number of nitrogens with zero attached hydrogens (tertiary/aromatic N) is 3. The SMILES string of the molecule is Cc1ccc(-n2c(C)cc(/C=C(/C#N)c3cccc([N+](=O)[O-])c3)c2C)cc1C. The third kappa shape index (κ3) is 3.58. The van der Waals surface area contributed by atoms with Crippen LogP contribution in [-0.4, -0.2) is 9.49 Å². The van der Waals surface area contributed by atoms with Crippen LogP contribution in [0.15, 0.2) is 48.5 Å². The van der Waals surface area contributed by atoms with Crippen LogP contribution in [0.25, 0.3) is 17.3 Å². The number of aromatic nitrogens is 1. The maximum absolute atomic E-state index is 11.0. The fourth-order valence-corrected chi connectivity index (χ4v) is 3.32. The molecular weight excluding hydrogens is 350 g/mol. The van der Waals surface area contributed by atoms with Crippen molar-refractivity contribution in [3.63, 3.8) is 0 Å². The van der Waals surface area contributed by atoms with E-state index < -0.39 is 4.92 Å². The van der Waals surface area contributed by atoms with E-state index in [-0.39, 0.29) is 5.69 Å². The summed E-state index contributed by atoms with van der Waals surface area (Å²) < 4.78 is 2.15. The van der Waals surface area contributed by atoms with Crippen LogP contribution in [0.3, 0.4) is 0 Å². The zero-order valence-electron chi connectivity index (χ0n) is 16.4. The van der Waals surface area contributed by atoms with Gasteiger partial charge in [0.25, 0.3) is 5.69 Å². The Kier molecular flexibility index (Phi) is 5.14. The van der Waals surface area contributed by atoms with Gasteiger partial charge in [-0.05, 0) is 74.2 Å². The fraction of sp³-hybridized carbons (Fsp3) is 0.174. The topological polar surface area (TPSA) is 71.9 Å². The molecule has 0 N–H and O–H groups in total. The summed E-state index contributed by atoms with van der Waals surface area (Å²) in [5.41, 5.74) is 7.42. The van der Waals surface area contributed by atoms with E-state index in [1.807, 2.05) is 19.9 Å². The predicted molar refractivity (Wildman–Crippen MR) is 111 cm³/mol. The molecule has 0 atom stereocenters. The number of hydrogen-bond acceptors (Lipinski definition) is 3. The maximum Gasteiger partial charge on any atom is 0.270 e. The molecule has 5 heteroatoms. The number of aryl methyl sites for hydroxylation is 3. The fourth-order valence-electron chi connectivity index (χ4n) is 3.32. The van der Waals surface area contributed by atoms with E-state index in [0.717, 1.165) is 22.6 Å². The van der Waals surface area contributed by atoms with Crippen LogP contribution >= 0.6 is 0 Å². The average molecular weight is 371 g/mol. The van der Waals surface area contributed by atoms with E-state index in [9.17, 15) is 15.4 Å². The quantitative estimate of drug-likeness (QED) is 0.336. The monoisotopic (exact) mass is 371 g/mol. The number of nitro benzene ring substituents is 1. The molecule has 0 saturated carbocycles. The van der Waals surface area contributed by atoms with Crippen molar-refractivity contribution in [3.8, 4) is 11.8 Å². The van der Waals surface area contributed by atoms with Crippen LogP contribution in [-0.2, 0) is 0 Å². The van der Waals surface area contributed by atoms with Gasteiger partial charge in [0.15, 0.2) is 0 Å². The normalized spacial score (nSPS) is 11.3. The molecule has 5 nitrogen and oxygen atoms in total. The Balaban J connectivity index is 2.09. The molecule has 140 valence electrons. The Morgan fingerprint density at radius 1 is 1.07 bits per heavy atom. The second-order valence-electron chi connectivity index (χ2n) is 6.91. The number of nitro groups is 1. The number of rotatable bonds is 4. The van der Waals surface area contributed by atoms with Crippen molar-refractivity contribution in [2.24, 2.45) is 0 Å². The number of allylic oxidation sites excluding steroid dienone is 1. The molecule has 1 aromatic heterocycles. The van der Waals surface area contributed by atoms with Crippen molar-refractivity contribution >= 4 is 17.3 Å². The largest absolute Gasteiger partial charge is 0.318 e. The second kappa shape index (κ2) is 7.53. The molecule has 0 amide bonds. The van der Waals surface area contributed by atoms with Crippen LogP contribution in [0, 0.1) is 49.1 Å². The van der Waals surface area contributed by atoms with Gasteiger partial charge in [-0.2, -0.15) is 5.26 Å². The van der Waals surface area contributed by atoms with Gasteiger partial charge in [0.05, 0.1) is 16.6 Å². The van der Waals surface area contributed by atoms with E-state index in [1.165, 1.54) is 23.3 Å². The Bertz CT molecular complexity index is 1150. The van der Waals surface area contributed by atoms with Gasteiger partial charge < -0.3 is 4.57 Å². The molecule has 3 aromatic rings. The minimum atomic E-state index is -0.454. The number of non-ortho nitro benzene ring substituents is 1. The van der Waals surface area contributed by atoms with E-state index in [0.29, 0.717) is 11.1 Å². The highest BCUT2D eigenvalue weighted by Gasteiger charge is 2.13. The molecule has 0 radical (unpaired) electrons. The Morgan fingerprint density at radius 3 is 2.46 bits per heavy atom. The highest BCUT2D eigenvalue weighted by molar-refractivity contribution is 5.90. The van der Waals surface area contributed by atoms with Gasteiger partial charge >= 0.3 is 0 Å². The van der Waals surface area contributed by atoms with Gasteiger partial charge in [-0.15, -0.1) is 0 Å². The van der Waals surface area contributed by atoms with Gasteiger partial charge in [0, 0.05) is 29.2 Å². The molecule has 2 aromatic carbocycles. The molecule has 3 rings (SSSR count). The molecule has 1 heterocycles. The van der Waals surface area contributed by atoms with Crippen LogP contribution in [0.5, 0.6) is 0 Å². The van der Waals surface area contributed by atoms with Gasteiger partial charge in [0.1, 0.15) is 0 Å². The molecule has 0 saturated heterocycles. The standard InChI is InChI=1S/C23H21N3O2/c1-15-8-9-22(10-16(15)2)25-17(3)11-20(18(25)4)12-21(14-24)19-6-5-7-23(13-19)26(27)28/h5-13H,1-4H3/b21-12-. The van der Waals surface area contributed by atoms with Crippen molar-refractivity contribution < 1.29 is 4.92 Å². The molecular formula is C23H21N3O2. The molecule has 0 spiro atoms. The summed E-state index contributed by atoms with van der Waals surface area (Å²) in [4.78, 5) is 10.6. The summed E-state index contributed by atoms with van der Waals surface area (Å²) in [5.74, 6) is 0. The third-order valence-electron chi connectivity index (χ3n) is 5.01. The predicted octanol–water partition coefficient (Wildman–Crippen LogP) is 5.68. The van der Waals surface area contributed by atoms with Crippen LogP contribution in [0.2, 0.25) is 0 Å². The van der Waals surface area contributed by atoms with Crippen LogP contribution < -0.4 is 0 Å². The first-order chi connectivity index (χ1) is 13.3. The smallest absolute Gasteiger partial charge is 0.270 e. The third-order valence-corrected chi connectivity index (χ3v) is 5.01. The minimum absolute atomic E-state index is 0.0285. The molecule has 28 heavy (non-hydrogen) atoms. The molecule has 0 fully saturated rings. The lowest BCUT2D eigenvalue weighted by Gasteiger charge is -2.12. The molecule has 0 unspecified atom stereocenters. The zero-order chi connectivity index (χ0) is 20.4. The first-order valence-electron chi connectivity index (χ1n) is 8.95. The molecule has 0 aliphatic carbocycles. The molecule has 0 aliphatic heterocycles. The highest BCUT2D eigenvalue weighted by atomic mass is 16.6. The van der Waals surface area contributed by atoms with E-state index in [4.69, 9.17) is 0 Å². The maximum atomic E-state index is 11.0. The second-order valence-corrected chi connectivity index (χ2v) is 6.91. The van der Waals surface area contributed by atoms with Gasteiger partial charge in [-0.25, -0.2) is 0 Å². The van der Waals surface area contributed by atoms with Crippen LogP contribution in [0.4, 0.5) is 5.69 Å². The summed E-state index contributed by atoms with van der Waals surface area (Å²) in [7, 11) is 0. The van der Waals surface area contributed by atoms with Crippen molar-refractivity contribution in [2.75, 3.05) is 0 Å². The zero-order valence-corrected chi connectivity index (χ0v) is 16.4. The Hall–Kier alpha value is -3.65. The number of hydrogen-bond donors (Lipinski definition) is 0. The lowest BCUT2D eigenvalue weighted by molar-refractivity contribution is -0.384. The van der Waals surface area contributed by atoms with Gasteiger partial charge in [-0.3, -0.25) is 10.1 Å². The van der Waals surface area contributed by atoms with Crippen LogP contribution in [0.1, 0.15) is 33.6 Å². The summed E-state index contributed by atoms with van der Waals surface area (Å²) in [5, 5.41) is 20.7. The summed E-state index contributed by atoms with van der Waals surface area (Å²) >= 11 is 0. The summed E-state index contributed by atoms with van der Waals surface area (Å²) in [6.07, 6.45) is 1.79. The van der Waals surface area contributed by atoms with E-state index >= 15 is 0 Å². The summed E-state index contributed by atoms with van der Waals surface area (Å²) in [6.45, 7) is 8.21. The first kappa shape index (κ1) is 19.1. The van der Waals surface area contributed by atoms with Crippen molar-refractivity contribution in [1.29, 1.82) is 5.26 Å². The van der Waals surface area contributed by atoms with Crippen molar-refractivity contribution in [1.82, 2.24) is 4.57 Å². The lowest BCUT2D eigenvalue weighted by Crippen LogP contribution is -2.00. The van der Waals surface area contributed by atoms with E-state index in [1.54, 1.807) is 18.2 Å². The molecule has 0 aliphatic rings. The number of benzene rings is 2. The highest BCUT2D eigenvalue weighted by Crippen LogP contribution is 2.27. The average Bonchev–Trinajstić information content (AvgIpc) is 2.95. The van der Waals surface area contributed by atoms with Gasteiger partial charge in [-0.1, -0.05) is 18.2 Å². The van der Waals surface area contributed by atoms with Crippen molar-refractivity contribution in [3.05, 3.63) is 92.3 Å². The number of nitriles is 1. The summed E-state index contributed by atoms with van der Waals surface area (Å²) in [6, 6.07) is 16.7.